The van der Waals surface area contributed by atoms with E-state index in [2.05, 4.69) is 22.5 Å². The number of hydrogen-bond acceptors (Lipinski definition) is 4. The number of carbonyl (C=O) groups excluding carboxylic acids is 3. The third-order valence-corrected chi connectivity index (χ3v) is 6.37. The standard InChI is InChI=1S/C20H34N4O3/c1-16-8-2-5-13-23(16)14-7-12-21-17(25)9-6-15-24-18(26)20(22-19(24)27)10-3-4-11-20/h16H,2-15H2,1H3,(H,21,25)(H,22,27)/t16-/m1/s1. The van der Waals surface area contributed by atoms with Crippen molar-refractivity contribution in [3.63, 3.8) is 0 Å². The van der Waals surface area contributed by atoms with Gasteiger partial charge in [0.2, 0.25) is 5.91 Å². The summed E-state index contributed by atoms with van der Waals surface area (Å²) >= 11 is 0. The molecule has 152 valence electrons. The van der Waals surface area contributed by atoms with E-state index in [1.807, 2.05) is 0 Å². The Morgan fingerprint density at radius 1 is 1.15 bits per heavy atom. The minimum absolute atomic E-state index is 0.00401. The lowest BCUT2D eigenvalue weighted by Gasteiger charge is -2.33. The molecule has 27 heavy (non-hydrogen) atoms. The molecule has 1 atom stereocenters. The average molecular weight is 379 g/mol. The summed E-state index contributed by atoms with van der Waals surface area (Å²) < 4.78 is 0. The van der Waals surface area contributed by atoms with E-state index in [0.717, 1.165) is 38.6 Å². The summed E-state index contributed by atoms with van der Waals surface area (Å²) in [6.07, 6.45) is 9.16. The van der Waals surface area contributed by atoms with Crippen LogP contribution >= 0.6 is 0 Å². The average Bonchev–Trinajstić information content (AvgIpc) is 3.20. The molecule has 3 fully saturated rings. The maximum atomic E-state index is 12.5. The van der Waals surface area contributed by atoms with Crippen LogP contribution in [-0.2, 0) is 9.59 Å². The van der Waals surface area contributed by atoms with Gasteiger partial charge < -0.3 is 15.5 Å². The van der Waals surface area contributed by atoms with E-state index in [1.165, 1.54) is 30.7 Å². The van der Waals surface area contributed by atoms with Crippen LogP contribution in [-0.4, -0.2) is 65.4 Å². The number of nitrogens with one attached hydrogen (secondary N) is 2. The number of likely N-dealkylation sites (tertiary alicyclic amines) is 1. The molecule has 1 spiro atoms. The van der Waals surface area contributed by atoms with Crippen molar-refractivity contribution in [2.24, 2.45) is 0 Å². The summed E-state index contributed by atoms with van der Waals surface area (Å²) in [5.41, 5.74) is -0.648. The first-order valence-electron chi connectivity index (χ1n) is 10.7. The summed E-state index contributed by atoms with van der Waals surface area (Å²) in [6, 6.07) is 0.361. The van der Waals surface area contributed by atoms with Gasteiger partial charge in [0.1, 0.15) is 5.54 Å². The summed E-state index contributed by atoms with van der Waals surface area (Å²) in [6.45, 7) is 5.50. The van der Waals surface area contributed by atoms with Gasteiger partial charge in [-0.3, -0.25) is 14.5 Å². The van der Waals surface area contributed by atoms with Gasteiger partial charge in [-0.15, -0.1) is 0 Å². The molecule has 1 saturated carbocycles. The Balaban J connectivity index is 1.29. The van der Waals surface area contributed by atoms with Crippen LogP contribution in [0.4, 0.5) is 4.79 Å². The van der Waals surface area contributed by atoms with Crippen molar-refractivity contribution >= 4 is 17.8 Å². The van der Waals surface area contributed by atoms with Gasteiger partial charge in [-0.2, -0.15) is 0 Å². The largest absolute Gasteiger partial charge is 0.356 e. The molecule has 0 radical (unpaired) electrons. The molecule has 4 amide bonds. The molecular weight excluding hydrogens is 344 g/mol. The minimum Gasteiger partial charge on any atom is -0.356 e. The van der Waals surface area contributed by atoms with Crippen molar-refractivity contribution in [2.75, 3.05) is 26.2 Å². The molecule has 3 rings (SSSR count). The van der Waals surface area contributed by atoms with Gasteiger partial charge in [0.15, 0.2) is 0 Å². The zero-order valence-corrected chi connectivity index (χ0v) is 16.6. The normalized spacial score (nSPS) is 25.2. The van der Waals surface area contributed by atoms with Crippen LogP contribution in [0.2, 0.25) is 0 Å². The number of carbonyl (C=O) groups is 3. The number of nitrogens with zero attached hydrogens (tertiary/aromatic N) is 2. The number of imide groups is 1. The van der Waals surface area contributed by atoms with E-state index in [4.69, 9.17) is 0 Å². The highest BCUT2D eigenvalue weighted by Gasteiger charge is 2.51. The number of hydrogen-bond donors (Lipinski definition) is 2. The van der Waals surface area contributed by atoms with Gasteiger partial charge in [-0.05, 0) is 52.0 Å². The van der Waals surface area contributed by atoms with Crippen LogP contribution in [0.1, 0.15) is 71.1 Å². The van der Waals surface area contributed by atoms with E-state index in [-0.39, 0.29) is 17.8 Å². The Kier molecular flexibility index (Phi) is 6.73. The summed E-state index contributed by atoms with van der Waals surface area (Å²) in [5, 5.41) is 5.84. The first-order chi connectivity index (χ1) is 13.0. The highest BCUT2D eigenvalue weighted by Crippen LogP contribution is 2.35. The molecule has 1 aliphatic carbocycles. The SMILES string of the molecule is C[C@@H]1CCCCN1CCCNC(=O)CCCN1C(=O)NC2(CCCC2)C1=O. The molecule has 2 heterocycles. The Bertz CT molecular complexity index is 559. The molecule has 2 N–H and O–H groups in total. The Labute approximate surface area is 162 Å². The lowest BCUT2D eigenvalue weighted by atomic mass is 9.98. The highest BCUT2D eigenvalue weighted by molar-refractivity contribution is 6.07. The lowest BCUT2D eigenvalue weighted by molar-refractivity contribution is -0.131. The molecule has 0 aromatic carbocycles. The van der Waals surface area contributed by atoms with Crippen LogP contribution in [0, 0.1) is 0 Å². The first-order valence-corrected chi connectivity index (χ1v) is 10.7. The zero-order valence-electron chi connectivity index (χ0n) is 16.6. The first kappa shape index (κ1) is 20.1. The predicted molar refractivity (Wildman–Crippen MR) is 103 cm³/mol. The molecule has 0 aromatic rings. The smallest absolute Gasteiger partial charge is 0.325 e. The van der Waals surface area contributed by atoms with Crippen LogP contribution in [0.25, 0.3) is 0 Å². The molecule has 2 saturated heterocycles. The van der Waals surface area contributed by atoms with Crippen molar-refractivity contribution in [1.82, 2.24) is 20.4 Å². The van der Waals surface area contributed by atoms with Crippen molar-refractivity contribution < 1.29 is 14.4 Å². The van der Waals surface area contributed by atoms with Gasteiger partial charge in [-0.25, -0.2) is 4.79 Å². The third kappa shape index (κ3) is 4.81. The number of rotatable bonds is 8. The molecule has 7 nitrogen and oxygen atoms in total. The second kappa shape index (κ2) is 9.04. The number of urea groups is 1. The van der Waals surface area contributed by atoms with E-state index in [0.29, 0.717) is 32.0 Å². The monoisotopic (exact) mass is 378 g/mol. The van der Waals surface area contributed by atoms with E-state index < -0.39 is 5.54 Å². The maximum absolute atomic E-state index is 12.5. The van der Waals surface area contributed by atoms with Gasteiger partial charge in [0, 0.05) is 32.1 Å². The highest BCUT2D eigenvalue weighted by atomic mass is 16.2. The summed E-state index contributed by atoms with van der Waals surface area (Å²) in [7, 11) is 0. The van der Waals surface area contributed by atoms with Crippen molar-refractivity contribution in [3.8, 4) is 0 Å². The fraction of sp³-hybridized carbons (Fsp3) is 0.850. The van der Waals surface area contributed by atoms with Crippen molar-refractivity contribution in [2.45, 2.75) is 82.7 Å². The summed E-state index contributed by atoms with van der Waals surface area (Å²) in [5.74, 6) is -0.0922. The van der Waals surface area contributed by atoms with Gasteiger partial charge in [0.05, 0.1) is 0 Å². The predicted octanol–water partition coefficient (Wildman–Crippen LogP) is 2.01. The molecule has 7 heteroatoms. The van der Waals surface area contributed by atoms with Crippen LogP contribution in [0.15, 0.2) is 0 Å². The van der Waals surface area contributed by atoms with Crippen LogP contribution in [0.3, 0.4) is 0 Å². The number of amides is 4. The van der Waals surface area contributed by atoms with Gasteiger partial charge in [-0.1, -0.05) is 19.3 Å². The molecule has 3 aliphatic rings. The van der Waals surface area contributed by atoms with E-state index in [1.54, 1.807) is 0 Å². The quantitative estimate of drug-likeness (QED) is 0.500. The fourth-order valence-electron chi connectivity index (χ4n) is 4.68. The Morgan fingerprint density at radius 2 is 1.93 bits per heavy atom. The molecule has 2 aliphatic heterocycles. The topological polar surface area (TPSA) is 81.8 Å². The minimum atomic E-state index is -0.648. The summed E-state index contributed by atoms with van der Waals surface area (Å²) in [4.78, 5) is 40.5. The van der Waals surface area contributed by atoms with Gasteiger partial charge >= 0.3 is 6.03 Å². The zero-order chi connectivity index (χ0) is 19.3. The lowest BCUT2D eigenvalue weighted by Crippen LogP contribution is -2.44. The third-order valence-electron chi connectivity index (χ3n) is 6.37. The van der Waals surface area contributed by atoms with Crippen molar-refractivity contribution in [3.05, 3.63) is 0 Å². The number of piperidine rings is 1. The fourth-order valence-corrected chi connectivity index (χ4v) is 4.68. The second-order valence-electron chi connectivity index (χ2n) is 8.36. The van der Waals surface area contributed by atoms with Gasteiger partial charge in [0.25, 0.3) is 5.91 Å². The van der Waals surface area contributed by atoms with Crippen LogP contribution < -0.4 is 10.6 Å². The Morgan fingerprint density at radius 3 is 2.67 bits per heavy atom. The molecule has 0 aromatic heterocycles. The molecule has 0 unspecified atom stereocenters. The second-order valence-corrected chi connectivity index (χ2v) is 8.36. The van der Waals surface area contributed by atoms with E-state index in [9.17, 15) is 14.4 Å². The maximum Gasteiger partial charge on any atom is 0.325 e. The Hall–Kier alpha value is -1.63. The molecule has 0 bridgehead atoms. The molecular formula is C20H34N4O3. The van der Waals surface area contributed by atoms with Crippen molar-refractivity contribution in [1.29, 1.82) is 0 Å². The van der Waals surface area contributed by atoms with E-state index >= 15 is 0 Å². The van der Waals surface area contributed by atoms with Crippen LogP contribution in [0.5, 0.6) is 0 Å².